The van der Waals surface area contributed by atoms with E-state index in [2.05, 4.69) is 57.0 Å². The molecule has 0 atom stereocenters. The molecule has 0 bridgehead atoms. The van der Waals surface area contributed by atoms with E-state index in [0.29, 0.717) is 45.7 Å². The Labute approximate surface area is 432 Å². The van der Waals surface area contributed by atoms with E-state index >= 15 is 0 Å². The molecule has 0 radical (unpaired) electrons. The summed E-state index contributed by atoms with van der Waals surface area (Å²) in [5.41, 5.74) is -2.17. The Hall–Kier alpha value is -7.20. The van der Waals surface area contributed by atoms with Gasteiger partial charge in [0.25, 0.3) is 0 Å². The van der Waals surface area contributed by atoms with Crippen molar-refractivity contribution >= 4 is 68.6 Å². The zero-order chi connectivity index (χ0) is 55.9. The number of nitrogens with zero attached hydrogens (tertiary/aromatic N) is 6. The van der Waals surface area contributed by atoms with Crippen molar-refractivity contribution in [2.75, 3.05) is 10.6 Å². The molecule has 402 valence electrons. The number of fused-ring (bicyclic) bond motifs is 2. The number of hydrogen-bond donors (Lipinski definition) is 4. The first-order valence-corrected chi connectivity index (χ1v) is 23.1. The summed E-state index contributed by atoms with van der Waals surface area (Å²) in [6.07, 6.45) is -9.26. The average molecular weight is 1140 g/mol. The number of carbonyl (C=O) groups is 2. The molecular weight excluding hydrogens is 1100 g/mol. The predicted molar refractivity (Wildman–Crippen MR) is 258 cm³/mol. The molecule has 5 aromatic heterocycles. The van der Waals surface area contributed by atoms with Gasteiger partial charge in [0.2, 0.25) is 5.91 Å². The molecule has 0 unspecified atom stereocenters. The second kappa shape index (κ2) is 21.1. The molecule has 1 saturated heterocycles. The summed E-state index contributed by atoms with van der Waals surface area (Å²) in [6.45, 7) is 7.15. The van der Waals surface area contributed by atoms with Crippen molar-refractivity contribution < 1.29 is 71.6 Å². The van der Waals surface area contributed by atoms with Crippen LogP contribution in [0.4, 0.5) is 68.9 Å². The summed E-state index contributed by atoms with van der Waals surface area (Å²) >= 11 is 3.37. The third-order valence-electron chi connectivity index (χ3n) is 12.0. The van der Waals surface area contributed by atoms with Gasteiger partial charge in [-0.2, -0.15) is 62.9 Å². The van der Waals surface area contributed by atoms with Crippen LogP contribution >= 0.6 is 15.9 Å². The number of alkyl halides is 12. The molecule has 76 heavy (non-hydrogen) atoms. The van der Waals surface area contributed by atoms with Crippen molar-refractivity contribution in [3.8, 4) is 11.1 Å². The molecule has 1 fully saturated rings. The normalized spacial score (nSPS) is 15.0. The summed E-state index contributed by atoms with van der Waals surface area (Å²) in [4.78, 5) is 35.8. The van der Waals surface area contributed by atoms with Crippen LogP contribution in [0.5, 0.6) is 0 Å². The van der Waals surface area contributed by atoms with Crippen LogP contribution in [-0.2, 0) is 65.7 Å². The van der Waals surface area contributed by atoms with E-state index in [4.69, 9.17) is 9.31 Å². The fourth-order valence-electron chi connectivity index (χ4n) is 7.70. The number of aromatic amines is 1. The van der Waals surface area contributed by atoms with Crippen molar-refractivity contribution in [1.29, 1.82) is 0 Å². The minimum atomic E-state index is -4.68. The summed E-state index contributed by atoms with van der Waals surface area (Å²) in [7, 11) is 1.75. The molecule has 3 amide bonds. The lowest BCUT2D eigenvalue weighted by Crippen LogP contribution is -2.41. The van der Waals surface area contributed by atoms with E-state index < -0.39 is 77.5 Å². The number of urea groups is 1. The van der Waals surface area contributed by atoms with Crippen LogP contribution in [0.15, 0.2) is 102 Å². The molecule has 6 heterocycles. The number of anilines is 2. The SMILES string of the molecule is Cn1cc(-c2ccnc3c2C(NC(=O)Cc2ccc(C(F)(F)F)cc2)=CC3)c(C(F)(F)F)n1.Cn1cc(B2OC(C)(C)C(C)(C)O2)c(C(F)(F)F)n1.O=C(Nc1ccc(C(F)(F)F)cc1)Nc1c[nH]c2nccc(Br)c12. The summed E-state index contributed by atoms with van der Waals surface area (Å²) < 4.78 is 169. The highest BCUT2D eigenvalue weighted by Crippen LogP contribution is 2.42. The van der Waals surface area contributed by atoms with Crippen LogP contribution in [-0.4, -0.2) is 64.8 Å². The van der Waals surface area contributed by atoms with Crippen LogP contribution in [0.25, 0.3) is 27.9 Å². The molecular formula is C48H42BBrF12N10O4. The van der Waals surface area contributed by atoms with Gasteiger partial charge in [0, 0.05) is 83.9 Å². The molecule has 7 aromatic rings. The fourth-order valence-corrected chi connectivity index (χ4v) is 8.22. The van der Waals surface area contributed by atoms with E-state index in [1.807, 2.05) is 0 Å². The van der Waals surface area contributed by atoms with Crippen molar-refractivity contribution in [2.45, 2.75) is 76.4 Å². The lowest BCUT2D eigenvalue weighted by Gasteiger charge is -2.32. The van der Waals surface area contributed by atoms with Crippen molar-refractivity contribution in [2.24, 2.45) is 14.1 Å². The van der Waals surface area contributed by atoms with E-state index in [9.17, 15) is 62.3 Å². The first-order chi connectivity index (χ1) is 35.2. The highest BCUT2D eigenvalue weighted by atomic mass is 79.9. The number of halogens is 13. The van der Waals surface area contributed by atoms with Crippen LogP contribution in [0.2, 0.25) is 0 Å². The lowest BCUT2D eigenvalue weighted by atomic mass is 9.79. The molecule has 1 aliphatic carbocycles. The number of rotatable bonds is 7. The molecule has 28 heteroatoms. The zero-order valence-electron chi connectivity index (χ0n) is 40.5. The Balaban J connectivity index is 0.000000173. The number of H-pyrrole nitrogens is 1. The highest BCUT2D eigenvalue weighted by molar-refractivity contribution is 9.10. The number of benzene rings is 2. The monoisotopic (exact) mass is 1140 g/mol. The first-order valence-electron chi connectivity index (χ1n) is 22.3. The van der Waals surface area contributed by atoms with Gasteiger partial charge in [-0.1, -0.05) is 18.2 Å². The fraction of sp³-hybridized carbons (Fsp3) is 0.292. The molecule has 2 aromatic carbocycles. The minimum absolute atomic E-state index is 0.0892. The molecule has 2 aliphatic rings. The smallest absolute Gasteiger partial charge is 0.399 e. The number of nitrogens with one attached hydrogen (secondary N) is 4. The zero-order valence-corrected chi connectivity index (χ0v) is 42.0. The third kappa shape index (κ3) is 12.9. The van der Waals surface area contributed by atoms with Crippen molar-refractivity contribution in [1.82, 2.24) is 39.8 Å². The van der Waals surface area contributed by atoms with Gasteiger partial charge in [-0.15, -0.1) is 0 Å². The van der Waals surface area contributed by atoms with Crippen molar-refractivity contribution in [3.63, 3.8) is 0 Å². The van der Waals surface area contributed by atoms with E-state index in [-0.39, 0.29) is 28.7 Å². The maximum atomic E-state index is 13.5. The third-order valence-corrected chi connectivity index (χ3v) is 12.6. The number of pyridine rings is 2. The molecule has 1 aliphatic heterocycles. The maximum Gasteiger partial charge on any atom is 0.498 e. The standard InChI is InChI=1S/C22H16F6N4O.C15H10BrF3N4O.C11H16BF3N2O2/c1-32-11-15(20(31-32)22(26,27)28)14-8-9-29-16-6-7-17(19(14)16)30-18(33)10-12-2-4-13(5-3-12)21(23,24)25;16-10-5-6-20-13-12(10)11(7-21-13)23-14(24)22-9-3-1-8(2-4-9)15(17,18)19;1-9(2)10(3,4)19-12(18-9)7-6-17(5)16-8(7)11(13,14)15/h2-5,7-9,11H,6,10H2,1H3,(H,30,33);1-7H,(H,20,21)(H2,22,23,24);6H,1-5H3. The summed E-state index contributed by atoms with van der Waals surface area (Å²) in [5, 5.41) is 15.4. The molecule has 14 nitrogen and oxygen atoms in total. The summed E-state index contributed by atoms with van der Waals surface area (Å²) in [6, 6.07) is 10.9. The van der Waals surface area contributed by atoms with Crippen molar-refractivity contribution in [3.05, 3.63) is 142 Å². The molecule has 4 N–H and O–H groups in total. The Bertz CT molecular complexity index is 3280. The van der Waals surface area contributed by atoms with Gasteiger partial charge < -0.3 is 30.2 Å². The van der Waals surface area contributed by atoms with Crippen LogP contribution < -0.4 is 21.4 Å². The Morgan fingerprint density at radius 2 is 1.25 bits per heavy atom. The van der Waals surface area contributed by atoms with Gasteiger partial charge in [-0.25, -0.2) is 9.78 Å². The highest BCUT2D eigenvalue weighted by Gasteiger charge is 2.55. The number of allylic oxidation sites excluding steroid dienone is 1. The molecule has 0 spiro atoms. The topological polar surface area (TPSA) is 166 Å². The van der Waals surface area contributed by atoms with Gasteiger partial charge in [0.1, 0.15) is 5.65 Å². The van der Waals surface area contributed by atoms with Gasteiger partial charge in [-0.3, -0.25) is 19.1 Å². The molecule has 9 rings (SSSR count). The minimum Gasteiger partial charge on any atom is -0.399 e. The Morgan fingerprint density at radius 3 is 1.83 bits per heavy atom. The largest absolute Gasteiger partial charge is 0.498 e. The van der Waals surface area contributed by atoms with Gasteiger partial charge in [-0.05, 0) is 103 Å². The van der Waals surface area contributed by atoms with Crippen LogP contribution in [0.1, 0.15) is 67.0 Å². The second-order valence-corrected chi connectivity index (χ2v) is 18.9. The maximum absolute atomic E-state index is 13.5. The second-order valence-electron chi connectivity index (χ2n) is 18.1. The van der Waals surface area contributed by atoms with E-state index in [0.717, 1.165) is 38.1 Å². The Kier molecular flexibility index (Phi) is 15.7. The van der Waals surface area contributed by atoms with E-state index in [1.54, 1.807) is 52.2 Å². The predicted octanol–water partition coefficient (Wildman–Crippen LogP) is 11.5. The summed E-state index contributed by atoms with van der Waals surface area (Å²) in [5.74, 6) is -0.522. The quantitative estimate of drug-likeness (QED) is 0.0904. The number of hydrogen-bond acceptors (Lipinski definition) is 8. The molecule has 0 saturated carbocycles. The van der Waals surface area contributed by atoms with Crippen LogP contribution in [0.3, 0.4) is 0 Å². The lowest BCUT2D eigenvalue weighted by molar-refractivity contribution is -0.141. The Morgan fingerprint density at radius 1 is 0.697 bits per heavy atom. The number of amides is 3. The average Bonchev–Trinajstić information content (AvgIpc) is 4.14. The van der Waals surface area contributed by atoms with Crippen LogP contribution in [0, 0.1) is 0 Å². The number of carbonyl (C=O) groups excluding carboxylic acids is 2. The number of aryl methyl sites for hydroxylation is 2. The van der Waals surface area contributed by atoms with E-state index in [1.165, 1.54) is 63.0 Å². The number of aromatic nitrogens is 7. The van der Waals surface area contributed by atoms with Gasteiger partial charge >= 0.3 is 37.9 Å². The first kappa shape index (κ1) is 56.5. The van der Waals surface area contributed by atoms with Gasteiger partial charge in [0.05, 0.1) is 45.5 Å². The van der Waals surface area contributed by atoms with Gasteiger partial charge in [0.15, 0.2) is 11.4 Å².